The van der Waals surface area contributed by atoms with E-state index in [0.717, 1.165) is 43.0 Å². The Morgan fingerprint density at radius 1 is 0.719 bits per heavy atom. The van der Waals surface area contributed by atoms with Crippen LogP contribution >= 0.6 is 0 Å². The van der Waals surface area contributed by atoms with Gasteiger partial charge >= 0.3 is 0 Å². The zero-order valence-corrected chi connectivity index (χ0v) is 20.3. The van der Waals surface area contributed by atoms with E-state index in [1.54, 1.807) is 0 Å². The molecule has 0 aliphatic rings. The molecule has 3 nitrogen and oxygen atoms in total. The number of anilines is 1. The highest BCUT2D eigenvalue weighted by atomic mass is 16.5. The highest BCUT2D eigenvalue weighted by molar-refractivity contribution is 5.50. The normalized spacial score (nSPS) is 10.9. The van der Waals surface area contributed by atoms with E-state index in [1.807, 2.05) is 24.3 Å². The summed E-state index contributed by atoms with van der Waals surface area (Å²) in [5, 5.41) is 12.8. The Bertz CT molecular complexity index is 699. The highest BCUT2D eigenvalue weighted by Crippen LogP contribution is 2.17. The highest BCUT2D eigenvalue weighted by Gasteiger charge is 2.01. The topological polar surface area (TPSA) is 41.5 Å². The number of rotatable bonds is 19. The number of para-hydroxylation sites is 1. The number of aliphatic hydroxyl groups is 1. The SMILES string of the molecule is CCCCCCCCCCCCCCOc1ccc(CCNc2ccccc2CO)cc1. The van der Waals surface area contributed by atoms with Crippen LogP contribution in [-0.4, -0.2) is 18.3 Å². The minimum atomic E-state index is 0.0639. The van der Waals surface area contributed by atoms with Gasteiger partial charge in [0.15, 0.2) is 0 Å². The Balaban J connectivity index is 1.46. The minimum absolute atomic E-state index is 0.0639. The summed E-state index contributed by atoms with van der Waals surface area (Å²) in [5.74, 6) is 0.968. The van der Waals surface area contributed by atoms with Gasteiger partial charge in [-0.05, 0) is 36.6 Å². The average Bonchev–Trinajstić information content (AvgIpc) is 2.83. The second-order valence-corrected chi connectivity index (χ2v) is 8.87. The van der Waals surface area contributed by atoms with Crippen LogP contribution in [0.4, 0.5) is 5.69 Å². The molecule has 0 aliphatic heterocycles. The predicted molar refractivity (Wildman–Crippen MR) is 138 cm³/mol. The first-order valence-corrected chi connectivity index (χ1v) is 13.0. The van der Waals surface area contributed by atoms with E-state index < -0.39 is 0 Å². The van der Waals surface area contributed by atoms with E-state index in [4.69, 9.17) is 4.74 Å². The first-order valence-electron chi connectivity index (χ1n) is 13.0. The van der Waals surface area contributed by atoms with Crippen molar-refractivity contribution in [2.75, 3.05) is 18.5 Å². The zero-order chi connectivity index (χ0) is 22.7. The molecule has 0 aromatic heterocycles. The third-order valence-corrected chi connectivity index (χ3v) is 6.11. The van der Waals surface area contributed by atoms with Crippen LogP contribution < -0.4 is 10.1 Å². The van der Waals surface area contributed by atoms with E-state index in [1.165, 1.54) is 76.2 Å². The Hall–Kier alpha value is -2.00. The third kappa shape index (κ3) is 11.6. The second kappa shape index (κ2) is 17.5. The van der Waals surface area contributed by atoms with Crippen molar-refractivity contribution >= 4 is 5.69 Å². The summed E-state index contributed by atoms with van der Waals surface area (Å²) >= 11 is 0. The van der Waals surface area contributed by atoms with Crippen molar-refractivity contribution in [3.05, 3.63) is 59.7 Å². The lowest BCUT2D eigenvalue weighted by Crippen LogP contribution is -2.07. The van der Waals surface area contributed by atoms with E-state index in [0.29, 0.717) is 0 Å². The van der Waals surface area contributed by atoms with Crippen molar-refractivity contribution in [1.29, 1.82) is 0 Å². The molecule has 0 saturated carbocycles. The maximum Gasteiger partial charge on any atom is 0.119 e. The molecule has 0 spiro atoms. The number of aliphatic hydroxyl groups excluding tert-OH is 1. The molecule has 2 N–H and O–H groups in total. The van der Waals surface area contributed by atoms with Crippen LogP contribution in [0.15, 0.2) is 48.5 Å². The Morgan fingerprint density at radius 3 is 1.94 bits per heavy atom. The molecule has 0 heterocycles. The van der Waals surface area contributed by atoms with Crippen LogP contribution in [0.25, 0.3) is 0 Å². The van der Waals surface area contributed by atoms with E-state index in [-0.39, 0.29) is 6.61 Å². The lowest BCUT2D eigenvalue weighted by atomic mass is 10.1. The summed E-state index contributed by atoms with van der Waals surface area (Å²) in [5.41, 5.74) is 3.24. The van der Waals surface area contributed by atoms with Gasteiger partial charge in [0.2, 0.25) is 0 Å². The fourth-order valence-electron chi connectivity index (χ4n) is 4.06. The Kier molecular flexibility index (Phi) is 14.4. The summed E-state index contributed by atoms with van der Waals surface area (Å²) in [7, 11) is 0. The second-order valence-electron chi connectivity index (χ2n) is 8.87. The monoisotopic (exact) mass is 439 g/mol. The standard InChI is InChI=1S/C29H45NO2/c1-2-3-4-5-6-7-8-9-10-11-12-15-24-32-28-20-18-26(19-21-28)22-23-30-29-17-14-13-16-27(29)25-31/h13-14,16-21,30-31H,2-12,15,22-25H2,1H3. The number of hydrogen-bond acceptors (Lipinski definition) is 3. The molecule has 0 atom stereocenters. The fourth-order valence-corrected chi connectivity index (χ4v) is 4.06. The molecule has 2 rings (SSSR count). The summed E-state index contributed by atoms with van der Waals surface area (Å²) in [6.45, 7) is 4.00. The van der Waals surface area contributed by atoms with Crippen LogP contribution in [0.1, 0.15) is 95.1 Å². The van der Waals surface area contributed by atoms with Crippen molar-refractivity contribution in [2.45, 2.75) is 97.0 Å². The van der Waals surface area contributed by atoms with Gasteiger partial charge in [0.25, 0.3) is 0 Å². The fraction of sp³-hybridized carbons (Fsp3) is 0.586. The molecule has 0 unspecified atom stereocenters. The maximum absolute atomic E-state index is 9.40. The van der Waals surface area contributed by atoms with Crippen LogP contribution in [0.3, 0.4) is 0 Å². The molecule has 3 heteroatoms. The number of benzene rings is 2. The van der Waals surface area contributed by atoms with Gasteiger partial charge in [0.1, 0.15) is 5.75 Å². The number of hydrogen-bond donors (Lipinski definition) is 2. The van der Waals surface area contributed by atoms with Gasteiger partial charge in [-0.15, -0.1) is 0 Å². The quantitative estimate of drug-likeness (QED) is 0.218. The molecule has 0 radical (unpaired) electrons. The third-order valence-electron chi connectivity index (χ3n) is 6.11. The molecule has 0 aliphatic carbocycles. The largest absolute Gasteiger partial charge is 0.494 e. The molecule has 0 fully saturated rings. The zero-order valence-electron chi connectivity index (χ0n) is 20.3. The Labute approximate surface area is 196 Å². The van der Waals surface area contributed by atoms with Gasteiger partial charge in [-0.2, -0.15) is 0 Å². The van der Waals surface area contributed by atoms with Crippen molar-refractivity contribution in [1.82, 2.24) is 0 Å². The molecule has 0 saturated heterocycles. The summed E-state index contributed by atoms with van der Waals surface area (Å²) in [6.07, 6.45) is 17.4. The van der Waals surface area contributed by atoms with Gasteiger partial charge in [-0.25, -0.2) is 0 Å². The molecule has 2 aromatic rings. The number of unbranched alkanes of at least 4 members (excludes halogenated alkanes) is 11. The number of nitrogens with one attached hydrogen (secondary N) is 1. The van der Waals surface area contributed by atoms with Crippen molar-refractivity contribution < 1.29 is 9.84 Å². The van der Waals surface area contributed by atoms with Crippen LogP contribution in [-0.2, 0) is 13.0 Å². The van der Waals surface area contributed by atoms with Crippen molar-refractivity contribution in [3.63, 3.8) is 0 Å². The minimum Gasteiger partial charge on any atom is -0.494 e. The smallest absolute Gasteiger partial charge is 0.119 e. The van der Waals surface area contributed by atoms with E-state index in [9.17, 15) is 5.11 Å². The lowest BCUT2D eigenvalue weighted by molar-refractivity contribution is 0.282. The molecule has 0 amide bonds. The lowest BCUT2D eigenvalue weighted by Gasteiger charge is -2.11. The van der Waals surface area contributed by atoms with Gasteiger partial charge in [0, 0.05) is 17.8 Å². The number of ether oxygens (including phenoxy) is 1. The first-order chi connectivity index (χ1) is 15.8. The van der Waals surface area contributed by atoms with Crippen LogP contribution in [0.2, 0.25) is 0 Å². The molecule has 0 bridgehead atoms. The molecular formula is C29H45NO2. The van der Waals surface area contributed by atoms with Crippen molar-refractivity contribution in [3.8, 4) is 5.75 Å². The summed E-state index contributed by atoms with van der Waals surface area (Å²) < 4.78 is 5.91. The van der Waals surface area contributed by atoms with Gasteiger partial charge in [0.05, 0.1) is 13.2 Å². The average molecular weight is 440 g/mol. The van der Waals surface area contributed by atoms with Crippen LogP contribution in [0.5, 0.6) is 5.75 Å². The van der Waals surface area contributed by atoms with Crippen molar-refractivity contribution in [2.24, 2.45) is 0 Å². The van der Waals surface area contributed by atoms with Gasteiger partial charge in [-0.1, -0.05) is 108 Å². The van der Waals surface area contributed by atoms with Gasteiger partial charge < -0.3 is 15.2 Å². The summed E-state index contributed by atoms with van der Waals surface area (Å²) in [4.78, 5) is 0. The molecule has 2 aromatic carbocycles. The maximum atomic E-state index is 9.40. The molecule has 178 valence electrons. The van der Waals surface area contributed by atoms with E-state index >= 15 is 0 Å². The van der Waals surface area contributed by atoms with Crippen LogP contribution in [0, 0.1) is 0 Å². The Morgan fingerprint density at radius 2 is 1.31 bits per heavy atom. The first kappa shape index (κ1) is 26.3. The summed E-state index contributed by atoms with van der Waals surface area (Å²) in [6, 6.07) is 16.4. The molecular weight excluding hydrogens is 394 g/mol. The molecule has 32 heavy (non-hydrogen) atoms. The predicted octanol–water partition coefficient (Wildman–Crippen LogP) is 7.91. The van der Waals surface area contributed by atoms with E-state index in [2.05, 4.69) is 36.5 Å². The van der Waals surface area contributed by atoms with Gasteiger partial charge in [-0.3, -0.25) is 0 Å².